The lowest BCUT2D eigenvalue weighted by Crippen LogP contribution is -2.30. The summed E-state index contributed by atoms with van der Waals surface area (Å²) in [4.78, 5) is 38.8. The number of methoxy groups -OCH3 is 1. The molecule has 5 rings (SSSR count). The van der Waals surface area contributed by atoms with E-state index in [1.807, 2.05) is 0 Å². The molecule has 0 bridgehead atoms. The topological polar surface area (TPSA) is 90.7 Å². The summed E-state index contributed by atoms with van der Waals surface area (Å²) >= 11 is 0. The SMILES string of the molecule is COc1ccc2nccc(Oc3ccc(CC(=O)C4=NCC(C)=C(c5ccc(F)cc5)C4=O)cc3F)c2n1. The highest BCUT2D eigenvalue weighted by molar-refractivity contribution is 6.74. The van der Waals surface area contributed by atoms with Crippen LogP contribution < -0.4 is 9.47 Å². The van der Waals surface area contributed by atoms with Gasteiger partial charge in [-0.25, -0.2) is 13.8 Å². The molecule has 0 amide bonds. The van der Waals surface area contributed by atoms with Crippen molar-refractivity contribution in [1.29, 1.82) is 0 Å². The first-order chi connectivity index (χ1) is 18.3. The Bertz CT molecular complexity index is 1650. The van der Waals surface area contributed by atoms with Crippen LogP contribution >= 0.6 is 0 Å². The second-order valence-electron chi connectivity index (χ2n) is 8.65. The van der Waals surface area contributed by atoms with Gasteiger partial charge in [0.2, 0.25) is 11.7 Å². The van der Waals surface area contributed by atoms with Crippen molar-refractivity contribution < 1.29 is 27.8 Å². The summed E-state index contributed by atoms with van der Waals surface area (Å²) in [7, 11) is 1.48. The molecule has 0 unspecified atom stereocenters. The lowest BCUT2D eigenvalue weighted by Gasteiger charge is -2.17. The number of hydrogen-bond acceptors (Lipinski definition) is 7. The van der Waals surface area contributed by atoms with Crippen molar-refractivity contribution in [3.05, 3.63) is 95.2 Å². The first kappa shape index (κ1) is 24.9. The molecule has 1 aliphatic rings. The number of dihydropyridines is 1. The molecule has 2 aromatic heterocycles. The van der Waals surface area contributed by atoms with Crippen LogP contribution in [0.4, 0.5) is 8.78 Å². The van der Waals surface area contributed by atoms with Crippen molar-refractivity contribution in [1.82, 2.24) is 9.97 Å². The molecule has 0 radical (unpaired) electrons. The maximum atomic E-state index is 15.0. The van der Waals surface area contributed by atoms with E-state index in [4.69, 9.17) is 9.47 Å². The molecule has 1 aliphatic heterocycles. The maximum Gasteiger partial charge on any atom is 0.215 e. The van der Waals surface area contributed by atoms with E-state index in [-0.39, 0.29) is 30.2 Å². The highest BCUT2D eigenvalue weighted by atomic mass is 19.1. The third-order valence-electron chi connectivity index (χ3n) is 6.05. The predicted octanol–water partition coefficient (Wildman–Crippen LogP) is 5.32. The smallest absolute Gasteiger partial charge is 0.215 e. The van der Waals surface area contributed by atoms with Gasteiger partial charge in [0.25, 0.3) is 0 Å². The Morgan fingerprint density at radius 3 is 2.53 bits per heavy atom. The number of Topliss-reactive ketones (excluding diaryl/α,β-unsaturated/α-hetero) is 2. The van der Waals surface area contributed by atoms with Gasteiger partial charge in [0.1, 0.15) is 17.0 Å². The van der Waals surface area contributed by atoms with Gasteiger partial charge in [0.05, 0.1) is 19.2 Å². The highest BCUT2D eigenvalue weighted by Crippen LogP contribution is 2.31. The molecule has 3 heterocycles. The largest absolute Gasteiger partial charge is 0.481 e. The van der Waals surface area contributed by atoms with Gasteiger partial charge >= 0.3 is 0 Å². The molecule has 0 saturated carbocycles. The fraction of sp³-hybridized carbons (Fsp3) is 0.138. The number of aromatic nitrogens is 2. The Labute approximate surface area is 216 Å². The molecule has 0 N–H and O–H groups in total. The molecule has 4 aromatic rings. The number of pyridine rings is 2. The fourth-order valence-electron chi connectivity index (χ4n) is 4.17. The van der Waals surface area contributed by atoms with Gasteiger partial charge in [0, 0.05) is 30.3 Å². The Kier molecular flexibility index (Phi) is 6.74. The summed E-state index contributed by atoms with van der Waals surface area (Å²) in [6, 6.07) is 14.6. The number of ether oxygens (including phenoxy) is 2. The normalized spacial score (nSPS) is 13.5. The third-order valence-corrected chi connectivity index (χ3v) is 6.05. The molecule has 0 atom stereocenters. The molecular weight excluding hydrogens is 492 g/mol. The Hall–Kier alpha value is -4.79. The highest BCUT2D eigenvalue weighted by Gasteiger charge is 2.29. The predicted molar refractivity (Wildman–Crippen MR) is 138 cm³/mol. The molecule has 0 spiro atoms. The quantitative estimate of drug-likeness (QED) is 0.332. The van der Waals surface area contributed by atoms with Crippen molar-refractivity contribution >= 4 is 33.9 Å². The number of hydrogen-bond donors (Lipinski definition) is 0. The number of fused-ring (bicyclic) bond motifs is 1. The molecule has 0 fully saturated rings. The van der Waals surface area contributed by atoms with E-state index in [9.17, 15) is 18.4 Å². The molecular formula is C29H21F2N3O4. The number of nitrogens with zero attached hydrogens (tertiary/aromatic N) is 3. The summed E-state index contributed by atoms with van der Waals surface area (Å²) in [5.41, 5.74) is 2.61. The van der Waals surface area contributed by atoms with Crippen molar-refractivity contribution in [2.45, 2.75) is 13.3 Å². The summed E-state index contributed by atoms with van der Waals surface area (Å²) in [5, 5.41) is 0. The minimum absolute atomic E-state index is 0.0680. The molecule has 190 valence electrons. The van der Waals surface area contributed by atoms with Crippen molar-refractivity contribution in [2.75, 3.05) is 13.7 Å². The van der Waals surface area contributed by atoms with E-state index < -0.39 is 23.2 Å². The molecule has 38 heavy (non-hydrogen) atoms. The maximum absolute atomic E-state index is 15.0. The van der Waals surface area contributed by atoms with E-state index in [1.165, 1.54) is 49.7 Å². The van der Waals surface area contributed by atoms with Crippen LogP contribution in [0, 0.1) is 11.6 Å². The summed E-state index contributed by atoms with van der Waals surface area (Å²) < 4.78 is 39.3. The lowest BCUT2D eigenvalue weighted by atomic mass is 9.89. The van der Waals surface area contributed by atoms with Gasteiger partial charge in [-0.05, 0) is 54.0 Å². The Morgan fingerprint density at radius 1 is 1.00 bits per heavy atom. The van der Waals surface area contributed by atoms with Crippen LogP contribution in [0.2, 0.25) is 0 Å². The number of rotatable bonds is 7. The zero-order valence-corrected chi connectivity index (χ0v) is 20.5. The molecule has 2 aromatic carbocycles. The number of ketones is 2. The van der Waals surface area contributed by atoms with Crippen LogP contribution in [0.3, 0.4) is 0 Å². The number of carbonyl (C=O) groups is 2. The van der Waals surface area contributed by atoms with Crippen LogP contribution in [-0.4, -0.2) is 40.9 Å². The van der Waals surface area contributed by atoms with Crippen LogP contribution in [0.5, 0.6) is 17.4 Å². The monoisotopic (exact) mass is 513 g/mol. The third kappa shape index (κ3) is 4.90. The van der Waals surface area contributed by atoms with Gasteiger partial charge in [-0.3, -0.25) is 19.6 Å². The second-order valence-corrected chi connectivity index (χ2v) is 8.65. The zero-order chi connectivity index (χ0) is 26.8. The number of aliphatic imine (C=N–C) groups is 1. The first-order valence-electron chi connectivity index (χ1n) is 11.7. The van der Waals surface area contributed by atoms with E-state index in [0.29, 0.717) is 39.2 Å². The van der Waals surface area contributed by atoms with E-state index in [2.05, 4.69) is 15.0 Å². The number of carbonyl (C=O) groups excluding carboxylic acids is 2. The zero-order valence-electron chi connectivity index (χ0n) is 20.5. The van der Waals surface area contributed by atoms with Crippen LogP contribution in [-0.2, 0) is 16.0 Å². The van der Waals surface area contributed by atoms with Crippen molar-refractivity contribution in [3.63, 3.8) is 0 Å². The number of halogens is 2. The van der Waals surface area contributed by atoms with Crippen molar-refractivity contribution in [3.8, 4) is 17.4 Å². The lowest BCUT2D eigenvalue weighted by molar-refractivity contribution is -0.114. The molecule has 7 nitrogen and oxygen atoms in total. The molecule has 9 heteroatoms. The summed E-state index contributed by atoms with van der Waals surface area (Å²) in [5.74, 6) is -1.61. The van der Waals surface area contributed by atoms with Gasteiger partial charge < -0.3 is 9.47 Å². The Morgan fingerprint density at radius 2 is 1.79 bits per heavy atom. The van der Waals surface area contributed by atoms with Gasteiger partial charge in [-0.1, -0.05) is 18.2 Å². The minimum Gasteiger partial charge on any atom is -0.481 e. The summed E-state index contributed by atoms with van der Waals surface area (Å²) in [6.07, 6.45) is 1.30. The average molecular weight is 514 g/mol. The fourth-order valence-corrected chi connectivity index (χ4v) is 4.17. The summed E-state index contributed by atoms with van der Waals surface area (Å²) in [6.45, 7) is 1.91. The standard InChI is InChI=1S/C29H21F2N3O4/c1-16-15-33-28(29(36)26(16)18-4-6-19(30)7-5-18)22(35)14-17-3-9-23(20(31)13-17)38-24-11-12-32-21-8-10-25(37-2)34-27(21)24/h3-13H,14-15H2,1-2H3. The van der Waals surface area contributed by atoms with Gasteiger partial charge in [0.15, 0.2) is 23.1 Å². The molecule has 0 aliphatic carbocycles. The minimum atomic E-state index is -0.692. The second kappa shape index (κ2) is 10.3. The van der Waals surface area contributed by atoms with E-state index >= 15 is 0 Å². The number of benzene rings is 2. The van der Waals surface area contributed by atoms with Gasteiger partial charge in [-0.2, -0.15) is 0 Å². The van der Waals surface area contributed by atoms with Crippen molar-refractivity contribution in [2.24, 2.45) is 4.99 Å². The average Bonchev–Trinajstić information content (AvgIpc) is 2.91. The first-order valence-corrected chi connectivity index (χ1v) is 11.7. The van der Waals surface area contributed by atoms with E-state index in [1.54, 1.807) is 31.2 Å². The Balaban J connectivity index is 1.33. The van der Waals surface area contributed by atoms with Crippen LogP contribution in [0.25, 0.3) is 16.6 Å². The molecule has 0 saturated heterocycles. The van der Waals surface area contributed by atoms with Crippen LogP contribution in [0.15, 0.2) is 77.4 Å². The van der Waals surface area contributed by atoms with Gasteiger partial charge in [-0.15, -0.1) is 0 Å². The van der Waals surface area contributed by atoms with Crippen LogP contribution in [0.1, 0.15) is 18.1 Å². The number of allylic oxidation sites excluding steroid dienone is 1. The van der Waals surface area contributed by atoms with E-state index in [0.717, 1.165) is 0 Å².